The number of aryl methyl sites for hydroxylation is 1. The number of rotatable bonds is 6. The third kappa shape index (κ3) is 4.35. The van der Waals surface area contributed by atoms with E-state index in [1.165, 1.54) is 12.1 Å². The summed E-state index contributed by atoms with van der Waals surface area (Å²) in [5.74, 6) is 0.254. The fourth-order valence-corrected chi connectivity index (χ4v) is 2.08. The number of benzene rings is 1. The second-order valence-electron chi connectivity index (χ2n) is 5.10. The lowest BCUT2D eigenvalue weighted by Crippen LogP contribution is -2.17. The Hall–Kier alpha value is -1.88. The van der Waals surface area contributed by atoms with Crippen molar-refractivity contribution < 1.29 is 9.13 Å². The molecule has 0 aliphatic heterocycles. The first-order valence-corrected chi connectivity index (χ1v) is 6.68. The van der Waals surface area contributed by atoms with Gasteiger partial charge in [0.15, 0.2) is 0 Å². The van der Waals surface area contributed by atoms with E-state index in [0.717, 1.165) is 17.5 Å². The number of aromatic nitrogens is 2. The number of ether oxygens (including phenoxy) is 1. The van der Waals surface area contributed by atoms with Gasteiger partial charge >= 0.3 is 0 Å². The largest absolute Gasteiger partial charge is 0.493 e. The summed E-state index contributed by atoms with van der Waals surface area (Å²) in [4.78, 5) is 0. The molecule has 0 fully saturated rings. The number of nitrogens with zero attached hydrogens (tertiary/aromatic N) is 2. The molecule has 108 valence electrons. The monoisotopic (exact) mass is 277 g/mol. The van der Waals surface area contributed by atoms with Gasteiger partial charge in [-0.05, 0) is 36.6 Å². The summed E-state index contributed by atoms with van der Waals surface area (Å²) in [6.45, 7) is 2.39. The summed E-state index contributed by atoms with van der Waals surface area (Å²) < 4.78 is 20.9. The lowest BCUT2D eigenvalue weighted by molar-refractivity contribution is 0.320. The number of nitrogens with two attached hydrogens (primary N) is 1. The van der Waals surface area contributed by atoms with Crippen molar-refractivity contribution in [1.82, 2.24) is 9.78 Å². The minimum absolute atomic E-state index is 0.0000399. The minimum Gasteiger partial charge on any atom is -0.493 e. The maximum Gasteiger partial charge on any atom is 0.127 e. The molecule has 4 nitrogen and oxygen atoms in total. The molecule has 1 unspecified atom stereocenters. The Morgan fingerprint density at radius 3 is 2.80 bits per heavy atom. The van der Waals surface area contributed by atoms with Crippen molar-refractivity contribution in [3.63, 3.8) is 0 Å². The Balaban J connectivity index is 1.93. The molecule has 0 saturated heterocycles. The minimum atomic E-state index is -0.292. The molecule has 0 aliphatic carbocycles. The molecule has 20 heavy (non-hydrogen) atoms. The Morgan fingerprint density at radius 2 is 2.15 bits per heavy atom. The summed E-state index contributed by atoms with van der Waals surface area (Å²) in [6, 6.07) is 4.74. The predicted molar refractivity (Wildman–Crippen MR) is 76.2 cm³/mol. The van der Waals surface area contributed by atoms with Gasteiger partial charge in [-0.15, -0.1) is 0 Å². The van der Waals surface area contributed by atoms with Crippen LogP contribution in [-0.4, -0.2) is 22.4 Å². The average Bonchev–Trinajstić information content (AvgIpc) is 2.73. The van der Waals surface area contributed by atoms with Gasteiger partial charge in [0.25, 0.3) is 0 Å². The van der Waals surface area contributed by atoms with Gasteiger partial charge in [0, 0.05) is 31.8 Å². The van der Waals surface area contributed by atoms with Gasteiger partial charge in [0.2, 0.25) is 0 Å². The van der Waals surface area contributed by atoms with Gasteiger partial charge in [-0.25, -0.2) is 4.39 Å². The summed E-state index contributed by atoms with van der Waals surface area (Å²) in [7, 11) is 1.87. The quantitative estimate of drug-likeness (QED) is 0.879. The topological polar surface area (TPSA) is 53.1 Å². The van der Waals surface area contributed by atoms with E-state index >= 15 is 0 Å². The third-order valence-electron chi connectivity index (χ3n) is 2.91. The van der Waals surface area contributed by atoms with E-state index in [4.69, 9.17) is 10.5 Å². The van der Waals surface area contributed by atoms with Crippen molar-refractivity contribution in [2.24, 2.45) is 12.8 Å². The van der Waals surface area contributed by atoms with Gasteiger partial charge < -0.3 is 10.5 Å². The number of hydrogen-bond acceptors (Lipinski definition) is 3. The first kappa shape index (κ1) is 14.5. The maximum atomic E-state index is 13.5. The molecule has 1 heterocycles. The Kier molecular flexibility index (Phi) is 4.74. The molecule has 0 spiro atoms. The summed E-state index contributed by atoms with van der Waals surface area (Å²) in [5.41, 5.74) is 7.69. The molecule has 0 radical (unpaired) electrons. The second-order valence-corrected chi connectivity index (χ2v) is 5.10. The molecule has 5 heteroatoms. The van der Waals surface area contributed by atoms with Gasteiger partial charge in [-0.3, -0.25) is 4.68 Å². The first-order chi connectivity index (χ1) is 9.52. The van der Waals surface area contributed by atoms with E-state index in [9.17, 15) is 4.39 Å². The van der Waals surface area contributed by atoms with E-state index in [2.05, 4.69) is 5.10 Å². The molecule has 2 rings (SSSR count). The molecule has 1 aromatic heterocycles. The highest BCUT2D eigenvalue weighted by molar-refractivity contribution is 5.30. The molecular weight excluding hydrogens is 257 g/mol. The van der Waals surface area contributed by atoms with Gasteiger partial charge in [0.1, 0.15) is 11.6 Å². The molecule has 1 atom stereocenters. The van der Waals surface area contributed by atoms with Crippen molar-refractivity contribution in [3.8, 4) is 5.75 Å². The van der Waals surface area contributed by atoms with Gasteiger partial charge in [0.05, 0.1) is 12.8 Å². The van der Waals surface area contributed by atoms with E-state index in [1.807, 2.05) is 26.2 Å². The SMILES string of the molecule is CC(N)Cc1cc(F)cc(OCCc2cnn(C)c2)c1. The molecule has 0 bridgehead atoms. The second kappa shape index (κ2) is 6.52. The lowest BCUT2D eigenvalue weighted by Gasteiger charge is -2.10. The van der Waals surface area contributed by atoms with Crippen molar-refractivity contribution >= 4 is 0 Å². The van der Waals surface area contributed by atoms with Crippen LogP contribution in [0, 0.1) is 5.82 Å². The molecule has 1 aromatic carbocycles. The molecule has 0 amide bonds. The van der Waals surface area contributed by atoms with Crippen LogP contribution in [0.2, 0.25) is 0 Å². The van der Waals surface area contributed by atoms with Gasteiger partial charge in [-0.2, -0.15) is 5.10 Å². The van der Waals surface area contributed by atoms with Crippen LogP contribution in [0.4, 0.5) is 4.39 Å². The molecule has 0 aliphatic rings. The van der Waals surface area contributed by atoms with Crippen LogP contribution in [0.3, 0.4) is 0 Å². The van der Waals surface area contributed by atoms with Gasteiger partial charge in [-0.1, -0.05) is 0 Å². The zero-order valence-corrected chi connectivity index (χ0v) is 11.8. The summed E-state index contributed by atoms with van der Waals surface area (Å²) in [5, 5.41) is 4.09. The highest BCUT2D eigenvalue weighted by Crippen LogP contribution is 2.18. The van der Waals surface area contributed by atoms with Crippen LogP contribution in [0.25, 0.3) is 0 Å². The molecule has 0 saturated carbocycles. The van der Waals surface area contributed by atoms with Crippen LogP contribution in [-0.2, 0) is 19.9 Å². The first-order valence-electron chi connectivity index (χ1n) is 6.68. The normalized spacial score (nSPS) is 12.4. The van der Waals surface area contributed by atoms with Crippen LogP contribution < -0.4 is 10.5 Å². The van der Waals surface area contributed by atoms with Crippen molar-refractivity contribution in [3.05, 3.63) is 47.5 Å². The highest BCUT2D eigenvalue weighted by Gasteiger charge is 2.05. The van der Waals surface area contributed by atoms with Crippen LogP contribution in [0.15, 0.2) is 30.6 Å². The Bertz CT molecular complexity index is 566. The molecule has 2 aromatic rings. The van der Waals surface area contributed by atoms with Crippen molar-refractivity contribution in [2.75, 3.05) is 6.61 Å². The van der Waals surface area contributed by atoms with Crippen molar-refractivity contribution in [1.29, 1.82) is 0 Å². The van der Waals surface area contributed by atoms with Crippen molar-refractivity contribution in [2.45, 2.75) is 25.8 Å². The fraction of sp³-hybridized carbons (Fsp3) is 0.400. The Morgan fingerprint density at radius 1 is 1.35 bits per heavy atom. The molecule has 2 N–H and O–H groups in total. The summed E-state index contributed by atoms with van der Waals surface area (Å²) >= 11 is 0. The van der Waals surface area contributed by atoms with E-state index in [-0.39, 0.29) is 11.9 Å². The van der Waals surface area contributed by atoms with E-state index in [1.54, 1.807) is 10.9 Å². The zero-order valence-electron chi connectivity index (χ0n) is 11.8. The lowest BCUT2D eigenvalue weighted by atomic mass is 10.1. The Labute approximate surface area is 118 Å². The fourth-order valence-electron chi connectivity index (χ4n) is 2.08. The standard InChI is InChI=1S/C15H20FN3O/c1-11(17)5-13-6-14(16)8-15(7-13)20-4-3-12-9-18-19(2)10-12/h6-11H,3-5,17H2,1-2H3. The van der Waals surface area contributed by atoms with Crippen LogP contribution in [0.5, 0.6) is 5.75 Å². The average molecular weight is 277 g/mol. The van der Waals surface area contributed by atoms with Crippen LogP contribution in [0.1, 0.15) is 18.1 Å². The maximum absolute atomic E-state index is 13.5. The van der Waals surface area contributed by atoms with Crippen LogP contribution >= 0.6 is 0 Å². The highest BCUT2D eigenvalue weighted by atomic mass is 19.1. The number of hydrogen-bond donors (Lipinski definition) is 1. The third-order valence-corrected chi connectivity index (χ3v) is 2.91. The molecular formula is C15H20FN3O. The number of halogens is 1. The van der Waals surface area contributed by atoms with E-state index < -0.39 is 0 Å². The van der Waals surface area contributed by atoms with E-state index in [0.29, 0.717) is 18.8 Å². The zero-order chi connectivity index (χ0) is 14.5. The smallest absolute Gasteiger partial charge is 0.127 e. The summed E-state index contributed by atoms with van der Waals surface area (Å²) in [6.07, 6.45) is 5.12. The predicted octanol–water partition coefficient (Wildman–Crippen LogP) is 2.07.